The number of unbranched alkanes of at least 4 members (excludes halogenated alkanes) is 2. The van der Waals surface area contributed by atoms with Gasteiger partial charge in [0.1, 0.15) is 11.5 Å². The summed E-state index contributed by atoms with van der Waals surface area (Å²) in [6, 6.07) is 11.6. The Labute approximate surface area is 161 Å². The SMILES string of the molecule is CCCCCc1cc(OCN(C)C(=O)OC)c(-c2ccccc2)c(O)c1C. The van der Waals surface area contributed by atoms with Gasteiger partial charge in [-0.25, -0.2) is 4.79 Å². The smallest absolute Gasteiger partial charge is 0.411 e. The first-order valence-electron chi connectivity index (χ1n) is 9.32. The second kappa shape index (κ2) is 9.86. The molecule has 5 nitrogen and oxygen atoms in total. The van der Waals surface area contributed by atoms with Gasteiger partial charge in [-0.05, 0) is 42.5 Å². The maximum absolute atomic E-state index is 11.6. The topological polar surface area (TPSA) is 59.0 Å². The minimum Gasteiger partial charge on any atom is -0.507 e. The molecular weight excluding hydrogens is 342 g/mol. The van der Waals surface area contributed by atoms with E-state index in [0.29, 0.717) is 11.3 Å². The molecule has 5 heteroatoms. The zero-order chi connectivity index (χ0) is 19.8. The summed E-state index contributed by atoms with van der Waals surface area (Å²) in [5.41, 5.74) is 3.45. The molecule has 0 spiro atoms. The molecule has 2 aromatic carbocycles. The molecule has 2 aromatic rings. The Kier molecular flexibility index (Phi) is 7.53. The van der Waals surface area contributed by atoms with Gasteiger partial charge >= 0.3 is 6.09 Å². The third-order valence-electron chi connectivity index (χ3n) is 4.64. The number of nitrogens with zero attached hydrogens (tertiary/aromatic N) is 1. The molecule has 0 aromatic heterocycles. The lowest BCUT2D eigenvalue weighted by Gasteiger charge is -2.21. The number of carbonyl (C=O) groups is 1. The number of phenols is 1. The summed E-state index contributed by atoms with van der Waals surface area (Å²) in [7, 11) is 2.93. The summed E-state index contributed by atoms with van der Waals surface area (Å²) < 4.78 is 10.6. The van der Waals surface area contributed by atoms with Crippen molar-refractivity contribution in [3.8, 4) is 22.6 Å². The zero-order valence-electron chi connectivity index (χ0n) is 16.6. The average molecular weight is 371 g/mol. The van der Waals surface area contributed by atoms with Gasteiger partial charge in [-0.15, -0.1) is 0 Å². The van der Waals surface area contributed by atoms with E-state index in [4.69, 9.17) is 9.47 Å². The molecule has 1 N–H and O–H groups in total. The molecule has 0 atom stereocenters. The Bertz CT molecular complexity index is 759. The standard InChI is InChI=1S/C22H29NO4/c1-5-6-8-13-18-14-19(27-15-23(3)22(25)26-4)20(21(24)16(18)2)17-11-9-7-10-12-17/h7,9-12,14,24H,5-6,8,13,15H2,1-4H3. The Balaban J connectivity index is 2.41. The van der Waals surface area contributed by atoms with E-state index in [9.17, 15) is 9.90 Å². The lowest BCUT2D eigenvalue weighted by Crippen LogP contribution is -2.30. The Hall–Kier alpha value is -2.69. The Morgan fingerprint density at radius 2 is 1.89 bits per heavy atom. The van der Waals surface area contributed by atoms with Crippen LogP contribution in [0.15, 0.2) is 36.4 Å². The van der Waals surface area contributed by atoms with Gasteiger partial charge in [0.15, 0.2) is 6.73 Å². The third-order valence-corrected chi connectivity index (χ3v) is 4.64. The van der Waals surface area contributed by atoms with Crippen LogP contribution in [0.1, 0.15) is 37.3 Å². The van der Waals surface area contributed by atoms with Crippen molar-refractivity contribution in [3.05, 3.63) is 47.5 Å². The number of aromatic hydroxyl groups is 1. The summed E-state index contributed by atoms with van der Waals surface area (Å²) in [5, 5.41) is 10.9. The van der Waals surface area contributed by atoms with Crippen LogP contribution in [0, 0.1) is 6.92 Å². The van der Waals surface area contributed by atoms with Crippen molar-refractivity contribution in [2.24, 2.45) is 0 Å². The number of aryl methyl sites for hydroxylation is 1. The maximum Gasteiger partial charge on any atom is 0.411 e. The van der Waals surface area contributed by atoms with Crippen LogP contribution in [0.3, 0.4) is 0 Å². The van der Waals surface area contributed by atoms with Crippen molar-refractivity contribution in [1.29, 1.82) is 0 Å². The molecular formula is C22H29NO4. The molecule has 0 aliphatic rings. The van der Waals surface area contributed by atoms with Crippen LogP contribution >= 0.6 is 0 Å². The highest BCUT2D eigenvalue weighted by molar-refractivity contribution is 5.79. The van der Waals surface area contributed by atoms with Crippen LogP contribution in [0.4, 0.5) is 4.79 Å². The number of benzene rings is 2. The first-order chi connectivity index (χ1) is 13.0. The molecule has 1 amide bonds. The van der Waals surface area contributed by atoms with E-state index in [2.05, 4.69) is 6.92 Å². The van der Waals surface area contributed by atoms with Crippen LogP contribution in [0.5, 0.6) is 11.5 Å². The number of ether oxygens (including phenoxy) is 2. The summed E-state index contributed by atoms with van der Waals surface area (Å²) in [5.74, 6) is 0.789. The van der Waals surface area contributed by atoms with Gasteiger partial charge in [0.2, 0.25) is 0 Å². The normalized spacial score (nSPS) is 10.5. The van der Waals surface area contributed by atoms with Crippen LogP contribution in [0.25, 0.3) is 11.1 Å². The van der Waals surface area contributed by atoms with E-state index in [-0.39, 0.29) is 12.5 Å². The van der Waals surface area contributed by atoms with Crippen molar-refractivity contribution < 1.29 is 19.4 Å². The first kappa shape index (κ1) is 20.6. The number of amides is 1. The van der Waals surface area contributed by atoms with Crippen molar-refractivity contribution >= 4 is 6.09 Å². The fourth-order valence-corrected chi connectivity index (χ4v) is 2.99. The lowest BCUT2D eigenvalue weighted by atomic mass is 9.94. The molecule has 2 rings (SSSR count). The van der Waals surface area contributed by atoms with E-state index in [1.54, 1.807) is 7.05 Å². The number of carbonyl (C=O) groups excluding carboxylic acids is 1. The minimum absolute atomic E-state index is 0.0312. The van der Waals surface area contributed by atoms with E-state index >= 15 is 0 Å². The van der Waals surface area contributed by atoms with Gasteiger partial charge in [-0.3, -0.25) is 4.90 Å². The molecule has 0 saturated carbocycles. The molecule has 0 bridgehead atoms. The van der Waals surface area contributed by atoms with Crippen LogP contribution < -0.4 is 4.74 Å². The summed E-state index contributed by atoms with van der Waals surface area (Å²) in [6.45, 7) is 4.14. The fraction of sp³-hybridized carbons (Fsp3) is 0.409. The monoisotopic (exact) mass is 371 g/mol. The number of rotatable bonds is 8. The molecule has 0 fully saturated rings. The summed E-state index contributed by atoms with van der Waals surface area (Å²) in [6.07, 6.45) is 3.74. The summed E-state index contributed by atoms with van der Waals surface area (Å²) >= 11 is 0. The minimum atomic E-state index is -0.476. The van der Waals surface area contributed by atoms with E-state index in [1.807, 2.05) is 43.3 Å². The second-order valence-corrected chi connectivity index (χ2v) is 6.65. The quantitative estimate of drug-likeness (QED) is 0.516. The van der Waals surface area contributed by atoms with Crippen LogP contribution in [0.2, 0.25) is 0 Å². The molecule has 27 heavy (non-hydrogen) atoms. The van der Waals surface area contributed by atoms with Gasteiger partial charge in [0, 0.05) is 7.05 Å². The predicted octanol–water partition coefficient (Wildman–Crippen LogP) is 5.13. The van der Waals surface area contributed by atoms with Gasteiger partial charge in [0.25, 0.3) is 0 Å². The summed E-state index contributed by atoms with van der Waals surface area (Å²) in [4.78, 5) is 13.0. The van der Waals surface area contributed by atoms with Gasteiger partial charge < -0.3 is 14.6 Å². The molecule has 146 valence electrons. The van der Waals surface area contributed by atoms with Gasteiger partial charge in [-0.1, -0.05) is 50.1 Å². The van der Waals surface area contributed by atoms with E-state index < -0.39 is 6.09 Å². The molecule has 0 radical (unpaired) electrons. The largest absolute Gasteiger partial charge is 0.507 e. The van der Waals surface area contributed by atoms with Crippen LogP contribution in [-0.2, 0) is 11.2 Å². The van der Waals surface area contributed by atoms with Gasteiger partial charge in [-0.2, -0.15) is 0 Å². The highest BCUT2D eigenvalue weighted by Crippen LogP contribution is 2.42. The lowest BCUT2D eigenvalue weighted by molar-refractivity contribution is 0.0983. The second-order valence-electron chi connectivity index (χ2n) is 6.65. The van der Waals surface area contributed by atoms with Crippen molar-refractivity contribution in [2.45, 2.75) is 39.5 Å². The van der Waals surface area contributed by atoms with E-state index in [1.165, 1.54) is 12.0 Å². The fourth-order valence-electron chi connectivity index (χ4n) is 2.99. The highest BCUT2D eigenvalue weighted by atomic mass is 16.6. The number of hydrogen-bond acceptors (Lipinski definition) is 4. The molecule has 0 saturated heterocycles. The highest BCUT2D eigenvalue weighted by Gasteiger charge is 2.19. The Morgan fingerprint density at radius 1 is 1.19 bits per heavy atom. The third kappa shape index (κ3) is 5.16. The van der Waals surface area contributed by atoms with Crippen molar-refractivity contribution in [3.63, 3.8) is 0 Å². The average Bonchev–Trinajstić information content (AvgIpc) is 2.69. The number of hydrogen-bond donors (Lipinski definition) is 1. The predicted molar refractivity (Wildman–Crippen MR) is 107 cm³/mol. The van der Waals surface area contributed by atoms with Crippen LogP contribution in [-0.4, -0.2) is 37.0 Å². The number of methoxy groups -OCH3 is 1. The number of phenolic OH excluding ortho intramolecular Hbond substituents is 1. The maximum atomic E-state index is 11.6. The zero-order valence-corrected chi connectivity index (χ0v) is 16.6. The first-order valence-corrected chi connectivity index (χ1v) is 9.32. The van der Waals surface area contributed by atoms with Crippen molar-refractivity contribution in [2.75, 3.05) is 20.9 Å². The van der Waals surface area contributed by atoms with Crippen molar-refractivity contribution in [1.82, 2.24) is 4.90 Å². The Morgan fingerprint density at radius 3 is 2.52 bits per heavy atom. The molecule has 0 heterocycles. The molecule has 0 unspecified atom stereocenters. The molecule has 0 aliphatic carbocycles. The molecule has 0 aliphatic heterocycles. The van der Waals surface area contributed by atoms with E-state index in [0.717, 1.165) is 42.4 Å². The van der Waals surface area contributed by atoms with Gasteiger partial charge in [0.05, 0.1) is 12.7 Å².